The molecule has 0 atom stereocenters. The number of nitrogens with one attached hydrogen (secondary N) is 2. The van der Waals surface area contributed by atoms with Crippen LogP contribution in [0.15, 0.2) is 48.5 Å². The van der Waals surface area contributed by atoms with Crippen molar-refractivity contribution in [2.45, 2.75) is 12.3 Å². The van der Waals surface area contributed by atoms with Gasteiger partial charge < -0.3 is 20.5 Å². The van der Waals surface area contributed by atoms with E-state index in [0.717, 1.165) is 22.3 Å². The first-order chi connectivity index (χ1) is 13.1. The van der Waals surface area contributed by atoms with Crippen LogP contribution >= 0.6 is 0 Å². The van der Waals surface area contributed by atoms with E-state index >= 15 is 0 Å². The number of carboxylic acid groups (broad SMARTS) is 1. The molecule has 2 amide bonds. The zero-order chi connectivity index (χ0) is 19.2. The van der Waals surface area contributed by atoms with E-state index in [1.54, 1.807) is 0 Å². The molecule has 3 rings (SSSR count). The first-order valence-corrected chi connectivity index (χ1v) is 8.63. The maximum atomic E-state index is 11.9. The Labute approximate surface area is 156 Å². The van der Waals surface area contributed by atoms with Gasteiger partial charge in [-0.1, -0.05) is 48.5 Å². The molecule has 0 radical (unpaired) electrons. The van der Waals surface area contributed by atoms with Crippen LogP contribution in [0.4, 0.5) is 4.79 Å². The maximum absolute atomic E-state index is 11.9. The summed E-state index contributed by atoms with van der Waals surface area (Å²) in [6.07, 6.45) is -0.625. The van der Waals surface area contributed by atoms with Crippen LogP contribution in [-0.2, 0) is 14.3 Å². The number of hydrogen-bond acceptors (Lipinski definition) is 4. The van der Waals surface area contributed by atoms with Crippen LogP contribution < -0.4 is 10.6 Å². The summed E-state index contributed by atoms with van der Waals surface area (Å²) in [4.78, 5) is 33.7. The van der Waals surface area contributed by atoms with Crippen molar-refractivity contribution in [2.24, 2.45) is 0 Å². The van der Waals surface area contributed by atoms with E-state index in [4.69, 9.17) is 9.84 Å². The van der Waals surface area contributed by atoms with Gasteiger partial charge in [0, 0.05) is 18.9 Å². The van der Waals surface area contributed by atoms with Crippen molar-refractivity contribution in [1.29, 1.82) is 0 Å². The third-order valence-electron chi connectivity index (χ3n) is 4.40. The Kier molecular flexibility index (Phi) is 5.71. The van der Waals surface area contributed by atoms with Gasteiger partial charge in [0.2, 0.25) is 5.91 Å². The molecule has 27 heavy (non-hydrogen) atoms. The van der Waals surface area contributed by atoms with Crippen LogP contribution in [0.5, 0.6) is 0 Å². The molecular formula is C20H20N2O5. The van der Waals surface area contributed by atoms with E-state index in [9.17, 15) is 14.4 Å². The highest BCUT2D eigenvalue weighted by Gasteiger charge is 2.28. The molecule has 0 fully saturated rings. The van der Waals surface area contributed by atoms with E-state index in [1.165, 1.54) is 0 Å². The zero-order valence-electron chi connectivity index (χ0n) is 14.6. The summed E-state index contributed by atoms with van der Waals surface area (Å²) in [5.41, 5.74) is 4.55. The summed E-state index contributed by atoms with van der Waals surface area (Å²) in [6.45, 7) is -0.170. The van der Waals surface area contributed by atoms with Gasteiger partial charge in [0.15, 0.2) is 0 Å². The molecule has 3 N–H and O–H groups in total. The monoisotopic (exact) mass is 368 g/mol. The van der Waals surface area contributed by atoms with Crippen LogP contribution in [0.3, 0.4) is 0 Å². The molecule has 7 nitrogen and oxygen atoms in total. The van der Waals surface area contributed by atoms with Gasteiger partial charge in [-0.3, -0.25) is 9.59 Å². The van der Waals surface area contributed by atoms with Crippen molar-refractivity contribution in [3.8, 4) is 11.1 Å². The summed E-state index contributed by atoms with van der Waals surface area (Å²) < 4.78 is 5.34. The number of rotatable bonds is 7. The van der Waals surface area contributed by atoms with E-state index in [2.05, 4.69) is 22.8 Å². The summed E-state index contributed by atoms with van der Waals surface area (Å²) in [5, 5.41) is 13.2. The Morgan fingerprint density at radius 2 is 1.52 bits per heavy atom. The van der Waals surface area contributed by atoms with Gasteiger partial charge in [0.25, 0.3) is 0 Å². The van der Waals surface area contributed by atoms with Crippen molar-refractivity contribution < 1.29 is 24.2 Å². The highest BCUT2D eigenvalue weighted by molar-refractivity contribution is 5.81. The number of carbonyl (C=O) groups is 3. The predicted molar refractivity (Wildman–Crippen MR) is 98.3 cm³/mol. The molecule has 1 aliphatic carbocycles. The predicted octanol–water partition coefficient (Wildman–Crippen LogP) is 2.12. The number of aliphatic carboxylic acids is 1. The number of alkyl carbamates (subject to hydrolysis) is 1. The largest absolute Gasteiger partial charge is 0.480 e. The number of amides is 2. The van der Waals surface area contributed by atoms with Gasteiger partial charge in [-0.15, -0.1) is 0 Å². The second-order valence-corrected chi connectivity index (χ2v) is 6.17. The van der Waals surface area contributed by atoms with E-state index in [1.807, 2.05) is 36.4 Å². The normalized spacial score (nSPS) is 12.0. The standard InChI is InChI=1S/C20H20N2O5/c23-18(22-11-19(24)25)9-10-21-20(26)27-12-17-15-7-3-1-5-13(15)14-6-2-4-8-16(14)17/h1-8,17H,9-12H2,(H,21,26)(H,22,23)(H,24,25). The van der Waals surface area contributed by atoms with Crippen molar-refractivity contribution in [3.63, 3.8) is 0 Å². The fourth-order valence-electron chi connectivity index (χ4n) is 3.19. The molecule has 0 heterocycles. The topological polar surface area (TPSA) is 105 Å². The quantitative estimate of drug-likeness (QED) is 0.694. The molecule has 2 aromatic rings. The fourth-order valence-corrected chi connectivity index (χ4v) is 3.19. The third kappa shape index (κ3) is 4.44. The minimum absolute atomic E-state index is 0.0164. The maximum Gasteiger partial charge on any atom is 0.407 e. The number of benzene rings is 2. The van der Waals surface area contributed by atoms with Crippen molar-refractivity contribution in [1.82, 2.24) is 10.6 Å². The second-order valence-electron chi connectivity index (χ2n) is 6.17. The Morgan fingerprint density at radius 3 is 2.11 bits per heavy atom. The highest BCUT2D eigenvalue weighted by Crippen LogP contribution is 2.44. The molecular weight excluding hydrogens is 348 g/mol. The summed E-state index contributed by atoms with van der Waals surface area (Å²) >= 11 is 0. The van der Waals surface area contributed by atoms with Crippen LogP contribution in [-0.4, -0.2) is 42.8 Å². The molecule has 0 bridgehead atoms. The lowest BCUT2D eigenvalue weighted by atomic mass is 9.98. The number of fused-ring (bicyclic) bond motifs is 3. The molecule has 2 aromatic carbocycles. The van der Waals surface area contributed by atoms with Gasteiger partial charge in [-0.2, -0.15) is 0 Å². The molecule has 0 aromatic heterocycles. The first-order valence-electron chi connectivity index (χ1n) is 8.63. The minimum Gasteiger partial charge on any atom is -0.480 e. The van der Waals surface area contributed by atoms with Gasteiger partial charge >= 0.3 is 12.1 Å². The Bertz CT molecular complexity index is 819. The Balaban J connectivity index is 1.51. The average molecular weight is 368 g/mol. The number of carbonyl (C=O) groups excluding carboxylic acids is 2. The first kappa shape index (κ1) is 18.4. The molecule has 0 unspecified atom stereocenters. The lowest BCUT2D eigenvalue weighted by molar-refractivity contribution is -0.137. The summed E-state index contributed by atoms with van der Waals surface area (Å²) in [6, 6.07) is 16.1. The van der Waals surface area contributed by atoms with Crippen LogP contribution in [0, 0.1) is 0 Å². The molecule has 0 saturated carbocycles. The number of hydrogen-bond donors (Lipinski definition) is 3. The van der Waals surface area contributed by atoms with Gasteiger partial charge in [-0.05, 0) is 22.3 Å². The molecule has 140 valence electrons. The molecule has 0 saturated heterocycles. The van der Waals surface area contributed by atoms with Crippen molar-refractivity contribution in [3.05, 3.63) is 59.7 Å². The van der Waals surface area contributed by atoms with Gasteiger partial charge in [0.05, 0.1) is 0 Å². The minimum atomic E-state index is -1.12. The average Bonchev–Trinajstić information content (AvgIpc) is 2.99. The zero-order valence-corrected chi connectivity index (χ0v) is 14.6. The SMILES string of the molecule is O=C(O)CNC(=O)CCNC(=O)OCC1c2ccccc2-c2ccccc21. The van der Waals surface area contributed by atoms with E-state index in [0.29, 0.717) is 0 Å². The fraction of sp³-hybridized carbons (Fsp3) is 0.250. The highest BCUT2D eigenvalue weighted by atomic mass is 16.5. The van der Waals surface area contributed by atoms with Gasteiger partial charge in [0.1, 0.15) is 13.2 Å². The lowest BCUT2D eigenvalue weighted by Crippen LogP contribution is -2.33. The molecule has 1 aliphatic rings. The molecule has 0 aliphatic heterocycles. The Hall–Kier alpha value is -3.35. The van der Waals surface area contributed by atoms with Crippen LogP contribution in [0.1, 0.15) is 23.5 Å². The number of carboxylic acids is 1. The molecule has 0 spiro atoms. The van der Waals surface area contributed by atoms with E-state index < -0.39 is 24.5 Å². The second kappa shape index (κ2) is 8.35. The third-order valence-corrected chi connectivity index (χ3v) is 4.40. The lowest BCUT2D eigenvalue weighted by Gasteiger charge is -2.14. The van der Waals surface area contributed by atoms with Gasteiger partial charge in [-0.25, -0.2) is 4.79 Å². The van der Waals surface area contributed by atoms with Crippen LogP contribution in [0.25, 0.3) is 11.1 Å². The van der Waals surface area contributed by atoms with Crippen LogP contribution in [0.2, 0.25) is 0 Å². The summed E-state index contributed by atoms with van der Waals surface area (Å²) in [5.74, 6) is -1.59. The van der Waals surface area contributed by atoms with Crippen molar-refractivity contribution in [2.75, 3.05) is 19.7 Å². The summed E-state index contributed by atoms with van der Waals surface area (Å²) in [7, 11) is 0. The number of ether oxygens (including phenoxy) is 1. The molecule has 7 heteroatoms. The Morgan fingerprint density at radius 1 is 0.926 bits per heavy atom. The van der Waals surface area contributed by atoms with E-state index in [-0.39, 0.29) is 25.5 Å². The van der Waals surface area contributed by atoms with Crippen molar-refractivity contribution >= 4 is 18.0 Å². The smallest absolute Gasteiger partial charge is 0.407 e.